The SMILES string of the molecule is CCOCCN(CC)C1(CN)CCN(C2CC2)C1. The van der Waals surface area contributed by atoms with Gasteiger partial charge in [-0.1, -0.05) is 6.92 Å². The van der Waals surface area contributed by atoms with Gasteiger partial charge in [0.05, 0.1) is 6.61 Å². The maximum Gasteiger partial charge on any atom is 0.0593 e. The van der Waals surface area contributed by atoms with E-state index >= 15 is 0 Å². The van der Waals surface area contributed by atoms with E-state index in [1.807, 2.05) is 0 Å². The van der Waals surface area contributed by atoms with Crippen molar-refractivity contribution in [1.29, 1.82) is 0 Å². The molecule has 1 unspecified atom stereocenters. The van der Waals surface area contributed by atoms with Gasteiger partial charge in [0, 0.05) is 44.4 Å². The summed E-state index contributed by atoms with van der Waals surface area (Å²) in [5, 5.41) is 0. The fourth-order valence-corrected chi connectivity index (χ4v) is 3.24. The number of nitrogens with two attached hydrogens (primary N) is 1. The molecule has 0 bridgehead atoms. The molecule has 0 amide bonds. The predicted molar refractivity (Wildman–Crippen MR) is 74.7 cm³/mol. The highest BCUT2D eigenvalue weighted by Crippen LogP contribution is 2.35. The van der Waals surface area contributed by atoms with Crippen molar-refractivity contribution in [3.05, 3.63) is 0 Å². The number of likely N-dealkylation sites (tertiary alicyclic amines) is 1. The molecule has 1 saturated carbocycles. The number of rotatable bonds is 8. The first-order valence-corrected chi connectivity index (χ1v) is 7.52. The fourth-order valence-electron chi connectivity index (χ4n) is 3.24. The van der Waals surface area contributed by atoms with Crippen molar-refractivity contribution in [3.8, 4) is 0 Å². The average Bonchev–Trinajstić information content (AvgIpc) is 3.16. The molecule has 4 heteroatoms. The molecule has 1 heterocycles. The molecule has 2 rings (SSSR count). The van der Waals surface area contributed by atoms with Gasteiger partial charge in [-0.05, 0) is 32.7 Å². The number of hydrogen-bond donors (Lipinski definition) is 1. The second-order valence-corrected chi connectivity index (χ2v) is 5.66. The molecule has 1 aliphatic heterocycles. The highest BCUT2D eigenvalue weighted by atomic mass is 16.5. The summed E-state index contributed by atoms with van der Waals surface area (Å²) >= 11 is 0. The average molecular weight is 255 g/mol. The lowest BCUT2D eigenvalue weighted by atomic mass is 9.96. The number of nitrogens with zero attached hydrogens (tertiary/aromatic N) is 2. The van der Waals surface area contributed by atoms with Gasteiger partial charge in [0.2, 0.25) is 0 Å². The second kappa shape index (κ2) is 6.33. The van der Waals surface area contributed by atoms with Crippen molar-refractivity contribution in [2.75, 3.05) is 45.9 Å². The molecular formula is C14H29N3O. The van der Waals surface area contributed by atoms with Crippen LogP contribution in [0.3, 0.4) is 0 Å². The van der Waals surface area contributed by atoms with Gasteiger partial charge in [0.15, 0.2) is 0 Å². The molecular weight excluding hydrogens is 226 g/mol. The van der Waals surface area contributed by atoms with Crippen molar-refractivity contribution < 1.29 is 4.74 Å². The normalized spacial score (nSPS) is 29.3. The summed E-state index contributed by atoms with van der Waals surface area (Å²) in [5.74, 6) is 0. The Morgan fingerprint density at radius 3 is 2.72 bits per heavy atom. The summed E-state index contributed by atoms with van der Waals surface area (Å²) in [5.41, 5.74) is 6.33. The zero-order chi connectivity index (χ0) is 13.0. The third-order valence-electron chi connectivity index (χ3n) is 4.57. The smallest absolute Gasteiger partial charge is 0.0593 e. The molecule has 0 aromatic heterocycles. The Hall–Kier alpha value is -0.160. The van der Waals surface area contributed by atoms with Crippen molar-refractivity contribution in [1.82, 2.24) is 9.80 Å². The van der Waals surface area contributed by atoms with Gasteiger partial charge in [-0.25, -0.2) is 0 Å². The van der Waals surface area contributed by atoms with Crippen LogP contribution >= 0.6 is 0 Å². The van der Waals surface area contributed by atoms with Crippen LogP contribution in [0.4, 0.5) is 0 Å². The molecule has 2 aliphatic rings. The summed E-state index contributed by atoms with van der Waals surface area (Å²) in [6.07, 6.45) is 4.01. The molecule has 18 heavy (non-hydrogen) atoms. The number of likely N-dealkylation sites (N-methyl/N-ethyl adjacent to an activating group) is 1. The van der Waals surface area contributed by atoms with Gasteiger partial charge in [-0.15, -0.1) is 0 Å². The third kappa shape index (κ3) is 3.05. The van der Waals surface area contributed by atoms with Crippen LogP contribution in [-0.4, -0.2) is 67.3 Å². The molecule has 2 N–H and O–H groups in total. The van der Waals surface area contributed by atoms with Crippen LogP contribution in [0, 0.1) is 0 Å². The van der Waals surface area contributed by atoms with E-state index in [1.54, 1.807) is 0 Å². The monoisotopic (exact) mass is 255 g/mol. The van der Waals surface area contributed by atoms with Crippen LogP contribution in [0.5, 0.6) is 0 Å². The van der Waals surface area contributed by atoms with Crippen LogP contribution in [0.25, 0.3) is 0 Å². The minimum Gasteiger partial charge on any atom is -0.380 e. The Morgan fingerprint density at radius 1 is 1.39 bits per heavy atom. The van der Waals surface area contributed by atoms with Crippen LogP contribution in [0.1, 0.15) is 33.1 Å². The Labute approximate surface area is 111 Å². The first kappa shape index (κ1) is 14.3. The maximum atomic E-state index is 6.12. The van der Waals surface area contributed by atoms with E-state index in [4.69, 9.17) is 10.5 Å². The predicted octanol–water partition coefficient (Wildman–Crippen LogP) is 0.910. The van der Waals surface area contributed by atoms with Crippen molar-refractivity contribution in [3.63, 3.8) is 0 Å². The maximum absolute atomic E-state index is 6.12. The highest BCUT2D eigenvalue weighted by molar-refractivity contribution is 5.03. The van der Waals surface area contributed by atoms with E-state index in [9.17, 15) is 0 Å². The Bertz CT molecular complexity index is 257. The minimum absolute atomic E-state index is 0.203. The molecule has 0 spiro atoms. The van der Waals surface area contributed by atoms with Gasteiger partial charge < -0.3 is 10.5 Å². The van der Waals surface area contributed by atoms with Crippen molar-refractivity contribution >= 4 is 0 Å². The van der Waals surface area contributed by atoms with E-state index in [1.165, 1.54) is 25.8 Å². The standard InChI is InChI=1S/C14H29N3O/c1-3-17(9-10-18-4-2)14(11-15)7-8-16(12-14)13-5-6-13/h13H,3-12,15H2,1-2H3. The van der Waals surface area contributed by atoms with Gasteiger partial charge in [-0.2, -0.15) is 0 Å². The Morgan fingerprint density at radius 2 is 2.17 bits per heavy atom. The lowest BCUT2D eigenvalue weighted by molar-refractivity contribution is 0.0551. The van der Waals surface area contributed by atoms with Crippen LogP contribution in [-0.2, 0) is 4.74 Å². The Balaban J connectivity index is 1.91. The van der Waals surface area contributed by atoms with Crippen molar-refractivity contribution in [2.45, 2.75) is 44.7 Å². The van der Waals surface area contributed by atoms with E-state index in [-0.39, 0.29) is 5.54 Å². The summed E-state index contributed by atoms with van der Waals surface area (Å²) in [6, 6.07) is 0.865. The van der Waals surface area contributed by atoms with Gasteiger partial charge in [-0.3, -0.25) is 9.80 Å². The van der Waals surface area contributed by atoms with Crippen LogP contribution in [0.2, 0.25) is 0 Å². The fraction of sp³-hybridized carbons (Fsp3) is 1.00. The summed E-state index contributed by atoms with van der Waals surface area (Å²) in [6.45, 7) is 11.2. The lowest BCUT2D eigenvalue weighted by Crippen LogP contribution is -2.56. The highest BCUT2D eigenvalue weighted by Gasteiger charge is 2.45. The van der Waals surface area contributed by atoms with Gasteiger partial charge in [0.1, 0.15) is 0 Å². The zero-order valence-electron chi connectivity index (χ0n) is 12.0. The van der Waals surface area contributed by atoms with Crippen LogP contribution < -0.4 is 5.73 Å². The van der Waals surface area contributed by atoms with E-state index in [2.05, 4.69) is 23.6 Å². The quantitative estimate of drug-likeness (QED) is 0.655. The Kier molecular flexibility index (Phi) is 5.01. The lowest BCUT2D eigenvalue weighted by Gasteiger charge is -2.40. The number of ether oxygens (including phenoxy) is 1. The summed E-state index contributed by atoms with van der Waals surface area (Å²) in [4.78, 5) is 5.20. The topological polar surface area (TPSA) is 41.7 Å². The minimum atomic E-state index is 0.203. The first-order valence-electron chi connectivity index (χ1n) is 7.52. The molecule has 1 aliphatic carbocycles. The first-order chi connectivity index (χ1) is 8.75. The molecule has 0 radical (unpaired) electrons. The van der Waals surface area contributed by atoms with Crippen LogP contribution in [0.15, 0.2) is 0 Å². The molecule has 106 valence electrons. The molecule has 0 aromatic carbocycles. The molecule has 1 saturated heterocycles. The van der Waals surface area contributed by atoms with E-state index < -0.39 is 0 Å². The largest absolute Gasteiger partial charge is 0.380 e. The van der Waals surface area contributed by atoms with Gasteiger partial charge in [0.25, 0.3) is 0 Å². The molecule has 0 aromatic rings. The zero-order valence-corrected chi connectivity index (χ0v) is 12.0. The van der Waals surface area contributed by atoms with Crippen molar-refractivity contribution in [2.24, 2.45) is 5.73 Å². The molecule has 4 nitrogen and oxygen atoms in total. The molecule has 2 fully saturated rings. The number of hydrogen-bond acceptors (Lipinski definition) is 4. The molecule has 1 atom stereocenters. The second-order valence-electron chi connectivity index (χ2n) is 5.66. The van der Waals surface area contributed by atoms with E-state index in [0.717, 1.165) is 45.4 Å². The summed E-state index contributed by atoms with van der Waals surface area (Å²) in [7, 11) is 0. The third-order valence-corrected chi connectivity index (χ3v) is 4.57. The van der Waals surface area contributed by atoms with Gasteiger partial charge >= 0.3 is 0 Å². The van der Waals surface area contributed by atoms with E-state index in [0.29, 0.717) is 0 Å². The summed E-state index contributed by atoms with van der Waals surface area (Å²) < 4.78 is 5.51.